The number of benzene rings is 2. The van der Waals surface area contributed by atoms with Crippen molar-refractivity contribution in [2.75, 3.05) is 5.32 Å². The Morgan fingerprint density at radius 2 is 1.75 bits per heavy atom. The van der Waals surface area contributed by atoms with Gasteiger partial charge >= 0.3 is 0 Å². The van der Waals surface area contributed by atoms with Gasteiger partial charge in [0.1, 0.15) is 5.75 Å². The summed E-state index contributed by atoms with van der Waals surface area (Å²) in [7, 11) is 0. The van der Waals surface area contributed by atoms with Gasteiger partial charge in [0, 0.05) is 23.0 Å². The first-order chi connectivity index (χ1) is 9.83. The molecule has 20 heavy (non-hydrogen) atoms. The normalized spacial score (nSPS) is 13.5. The van der Waals surface area contributed by atoms with Gasteiger partial charge in [-0.3, -0.25) is 0 Å². The van der Waals surface area contributed by atoms with Crippen LogP contribution >= 0.6 is 0 Å². The van der Waals surface area contributed by atoms with E-state index in [0.29, 0.717) is 0 Å². The molecule has 0 bridgehead atoms. The molecule has 3 nitrogen and oxygen atoms in total. The summed E-state index contributed by atoms with van der Waals surface area (Å²) in [6, 6.07) is 15.2. The Hall–Kier alpha value is -2.81. The van der Waals surface area contributed by atoms with Gasteiger partial charge in [0.05, 0.1) is 6.34 Å². The van der Waals surface area contributed by atoms with Crippen LogP contribution in [0.15, 0.2) is 65.8 Å². The quantitative estimate of drug-likeness (QED) is 0.862. The molecule has 1 heterocycles. The van der Waals surface area contributed by atoms with E-state index >= 15 is 0 Å². The van der Waals surface area contributed by atoms with Crippen LogP contribution < -0.4 is 5.32 Å². The monoisotopic (exact) mass is 262 g/mol. The molecule has 0 atom stereocenters. The van der Waals surface area contributed by atoms with Crippen LogP contribution in [0.4, 0.5) is 5.69 Å². The number of nitrogens with one attached hydrogen (secondary N) is 1. The molecule has 1 aliphatic heterocycles. The first-order valence-electron chi connectivity index (χ1n) is 6.38. The van der Waals surface area contributed by atoms with E-state index in [-0.39, 0.29) is 5.75 Å². The molecule has 2 aromatic carbocycles. The van der Waals surface area contributed by atoms with Gasteiger partial charge < -0.3 is 10.4 Å². The first kappa shape index (κ1) is 12.2. The fourth-order valence-electron chi connectivity index (χ4n) is 2.06. The zero-order chi connectivity index (χ0) is 13.8. The lowest BCUT2D eigenvalue weighted by molar-refractivity contribution is 0.475. The average Bonchev–Trinajstić information content (AvgIpc) is 2.69. The van der Waals surface area contributed by atoms with E-state index in [2.05, 4.69) is 16.4 Å². The number of phenols is 1. The number of hydrogen-bond donors (Lipinski definition) is 2. The van der Waals surface area contributed by atoms with Crippen molar-refractivity contribution in [2.24, 2.45) is 4.99 Å². The molecule has 3 rings (SSSR count). The molecule has 0 amide bonds. The van der Waals surface area contributed by atoms with Crippen molar-refractivity contribution in [3.05, 3.63) is 71.9 Å². The second-order valence-corrected chi connectivity index (χ2v) is 4.48. The summed E-state index contributed by atoms with van der Waals surface area (Å²) >= 11 is 0. The van der Waals surface area contributed by atoms with E-state index < -0.39 is 0 Å². The molecule has 2 aromatic rings. The first-order valence-corrected chi connectivity index (χ1v) is 6.38. The summed E-state index contributed by atoms with van der Waals surface area (Å²) in [5.74, 6) is 0.273. The Labute approximate surface area is 117 Å². The number of aromatic hydroxyl groups is 1. The van der Waals surface area contributed by atoms with Crippen LogP contribution in [-0.4, -0.2) is 11.4 Å². The molecule has 0 fully saturated rings. The van der Waals surface area contributed by atoms with Crippen molar-refractivity contribution in [1.82, 2.24) is 0 Å². The number of hydrogen-bond acceptors (Lipinski definition) is 3. The molecule has 0 aromatic heterocycles. The maximum atomic E-state index is 9.28. The summed E-state index contributed by atoms with van der Waals surface area (Å²) in [5, 5.41) is 12.4. The van der Waals surface area contributed by atoms with Gasteiger partial charge in [-0.1, -0.05) is 42.5 Å². The number of allylic oxidation sites excluding steroid dienone is 2. The van der Waals surface area contributed by atoms with Gasteiger partial charge in [0.2, 0.25) is 0 Å². The van der Waals surface area contributed by atoms with Crippen LogP contribution in [0.3, 0.4) is 0 Å². The minimum absolute atomic E-state index is 0.273. The smallest absolute Gasteiger partial charge is 0.115 e. The number of phenolic OH excluding ortho intramolecular Hbond substituents is 1. The van der Waals surface area contributed by atoms with E-state index in [1.807, 2.05) is 48.7 Å². The third kappa shape index (κ3) is 2.62. The lowest BCUT2D eigenvalue weighted by Gasteiger charge is -2.06. The van der Waals surface area contributed by atoms with Crippen LogP contribution in [0.1, 0.15) is 11.1 Å². The summed E-state index contributed by atoms with van der Waals surface area (Å²) in [6.07, 6.45) is 7.54. The number of rotatable bonds is 2. The summed E-state index contributed by atoms with van der Waals surface area (Å²) in [4.78, 5) is 4.20. The van der Waals surface area contributed by atoms with Crippen molar-refractivity contribution in [3.8, 4) is 5.75 Å². The highest BCUT2D eigenvalue weighted by Crippen LogP contribution is 2.26. The predicted octanol–water partition coefficient (Wildman–Crippen LogP) is 3.90. The average molecular weight is 262 g/mol. The summed E-state index contributed by atoms with van der Waals surface area (Å²) < 4.78 is 0. The van der Waals surface area contributed by atoms with E-state index in [4.69, 9.17) is 0 Å². The van der Waals surface area contributed by atoms with Gasteiger partial charge in [0.15, 0.2) is 0 Å². The predicted molar refractivity (Wildman–Crippen MR) is 83.7 cm³/mol. The molecule has 98 valence electrons. The Bertz CT molecular complexity index is 697. The van der Waals surface area contributed by atoms with Gasteiger partial charge in [-0.05, 0) is 23.8 Å². The molecule has 0 radical (unpaired) electrons. The number of nitrogens with zero attached hydrogens (tertiary/aromatic N) is 1. The van der Waals surface area contributed by atoms with Gasteiger partial charge in [-0.15, -0.1) is 0 Å². The number of anilines is 1. The zero-order valence-electron chi connectivity index (χ0n) is 10.8. The van der Waals surface area contributed by atoms with Crippen LogP contribution in [0, 0.1) is 0 Å². The van der Waals surface area contributed by atoms with E-state index in [1.165, 1.54) is 0 Å². The molecular formula is C17H14N2O. The van der Waals surface area contributed by atoms with Crippen LogP contribution in [0.25, 0.3) is 11.6 Å². The molecule has 2 N–H and O–H groups in total. The number of para-hydroxylation sites is 1. The highest BCUT2D eigenvalue weighted by atomic mass is 16.3. The topological polar surface area (TPSA) is 44.6 Å². The fraction of sp³-hybridized carbons (Fsp3) is 0. The second-order valence-electron chi connectivity index (χ2n) is 4.48. The van der Waals surface area contributed by atoms with Gasteiger partial charge in [-0.2, -0.15) is 0 Å². The van der Waals surface area contributed by atoms with E-state index in [1.54, 1.807) is 18.5 Å². The minimum atomic E-state index is 0.273. The molecule has 0 saturated heterocycles. The molecule has 3 heteroatoms. The van der Waals surface area contributed by atoms with Crippen molar-refractivity contribution >= 4 is 23.7 Å². The third-order valence-electron chi connectivity index (χ3n) is 3.09. The Morgan fingerprint density at radius 1 is 0.950 bits per heavy atom. The number of fused-ring (bicyclic) bond motifs is 1. The highest BCUT2D eigenvalue weighted by molar-refractivity contribution is 5.92. The van der Waals surface area contributed by atoms with Gasteiger partial charge in [0.25, 0.3) is 0 Å². The molecule has 0 spiro atoms. The Balaban J connectivity index is 1.92. The van der Waals surface area contributed by atoms with E-state index in [0.717, 1.165) is 22.4 Å². The fourth-order valence-corrected chi connectivity index (χ4v) is 2.06. The molecule has 0 aliphatic carbocycles. The zero-order valence-corrected chi connectivity index (χ0v) is 10.8. The molecule has 0 saturated carbocycles. The van der Waals surface area contributed by atoms with Crippen LogP contribution in [0.2, 0.25) is 0 Å². The van der Waals surface area contributed by atoms with Crippen molar-refractivity contribution < 1.29 is 5.11 Å². The number of aliphatic imine (C=N–C) groups is 1. The van der Waals surface area contributed by atoms with Crippen LogP contribution in [0.5, 0.6) is 5.75 Å². The van der Waals surface area contributed by atoms with Crippen LogP contribution in [-0.2, 0) is 0 Å². The summed E-state index contributed by atoms with van der Waals surface area (Å²) in [6.45, 7) is 0. The Morgan fingerprint density at radius 3 is 2.60 bits per heavy atom. The maximum Gasteiger partial charge on any atom is 0.115 e. The standard InChI is InChI=1S/C17H14N2O/c20-15-9-6-13(7-10-15)5-8-14-11-18-12-19-17-4-2-1-3-16(14)17/h1-12,20H,(H,18,19)/b8-5+. The highest BCUT2D eigenvalue weighted by Gasteiger charge is 2.06. The Kier molecular flexibility index (Phi) is 3.33. The maximum absolute atomic E-state index is 9.28. The molecular weight excluding hydrogens is 248 g/mol. The largest absolute Gasteiger partial charge is 0.508 e. The lowest BCUT2D eigenvalue weighted by Crippen LogP contribution is -1.95. The SMILES string of the molecule is Oc1ccc(/C=C/C2=CN=CNc3ccccc32)cc1. The van der Waals surface area contributed by atoms with Gasteiger partial charge in [-0.25, -0.2) is 4.99 Å². The molecule has 0 unspecified atom stereocenters. The molecule has 1 aliphatic rings. The van der Waals surface area contributed by atoms with Crippen molar-refractivity contribution in [1.29, 1.82) is 0 Å². The van der Waals surface area contributed by atoms with Crippen molar-refractivity contribution in [2.45, 2.75) is 0 Å². The summed E-state index contributed by atoms with van der Waals surface area (Å²) in [5.41, 5.74) is 4.22. The third-order valence-corrected chi connectivity index (χ3v) is 3.09. The van der Waals surface area contributed by atoms with Crippen molar-refractivity contribution in [3.63, 3.8) is 0 Å². The minimum Gasteiger partial charge on any atom is -0.508 e. The van der Waals surface area contributed by atoms with E-state index in [9.17, 15) is 5.11 Å². The second kappa shape index (κ2) is 5.45. The lowest BCUT2D eigenvalue weighted by atomic mass is 10.0.